The van der Waals surface area contributed by atoms with Crippen molar-refractivity contribution in [3.05, 3.63) is 29.8 Å². The SMILES string of the molecule is COc1cccc(C(CN=C(N)C(C)C)N(C)C)c1. The normalized spacial score (nSPS) is 13.9. The summed E-state index contributed by atoms with van der Waals surface area (Å²) in [5.41, 5.74) is 7.09. The van der Waals surface area contributed by atoms with Crippen LogP contribution in [-0.4, -0.2) is 38.5 Å². The van der Waals surface area contributed by atoms with Crippen molar-refractivity contribution in [3.8, 4) is 5.75 Å². The van der Waals surface area contributed by atoms with E-state index in [-0.39, 0.29) is 12.0 Å². The minimum atomic E-state index is 0.201. The summed E-state index contributed by atoms with van der Waals surface area (Å²) in [6.07, 6.45) is 0. The molecule has 4 nitrogen and oxygen atoms in total. The van der Waals surface area contributed by atoms with Gasteiger partial charge in [-0.1, -0.05) is 26.0 Å². The molecule has 4 heteroatoms. The molecule has 0 saturated heterocycles. The summed E-state index contributed by atoms with van der Waals surface area (Å²) in [6.45, 7) is 4.76. The molecule has 1 aromatic rings. The van der Waals surface area contributed by atoms with Crippen molar-refractivity contribution in [1.29, 1.82) is 0 Å². The largest absolute Gasteiger partial charge is 0.497 e. The van der Waals surface area contributed by atoms with Gasteiger partial charge in [0.25, 0.3) is 0 Å². The maximum atomic E-state index is 5.91. The maximum Gasteiger partial charge on any atom is 0.119 e. The number of amidine groups is 1. The molecule has 0 heterocycles. The van der Waals surface area contributed by atoms with Crippen LogP contribution in [0.5, 0.6) is 5.75 Å². The summed E-state index contributed by atoms with van der Waals surface area (Å²) in [6, 6.07) is 8.29. The van der Waals surface area contributed by atoms with Crippen LogP contribution < -0.4 is 10.5 Å². The van der Waals surface area contributed by atoms with E-state index in [0.29, 0.717) is 12.4 Å². The Labute approximate surface area is 116 Å². The number of likely N-dealkylation sites (N-methyl/N-ethyl adjacent to an activating group) is 1. The molecular formula is C15H25N3O. The zero-order chi connectivity index (χ0) is 14.4. The third-order valence-electron chi connectivity index (χ3n) is 3.14. The molecule has 0 radical (unpaired) electrons. The van der Waals surface area contributed by atoms with Crippen LogP contribution >= 0.6 is 0 Å². The Bertz CT molecular complexity index is 427. The zero-order valence-electron chi connectivity index (χ0n) is 12.6. The Morgan fingerprint density at radius 1 is 1.37 bits per heavy atom. The number of rotatable bonds is 6. The topological polar surface area (TPSA) is 50.9 Å². The fraction of sp³-hybridized carbons (Fsp3) is 0.533. The summed E-state index contributed by atoms with van der Waals surface area (Å²) in [4.78, 5) is 6.63. The first-order chi connectivity index (χ1) is 8.95. The van der Waals surface area contributed by atoms with Gasteiger partial charge in [-0.15, -0.1) is 0 Å². The van der Waals surface area contributed by atoms with Crippen LogP contribution in [0.15, 0.2) is 29.3 Å². The molecule has 0 spiro atoms. The van der Waals surface area contributed by atoms with Gasteiger partial charge >= 0.3 is 0 Å². The maximum absolute atomic E-state index is 5.91. The molecule has 1 aromatic carbocycles. The first-order valence-corrected chi connectivity index (χ1v) is 6.56. The Hall–Kier alpha value is -1.55. The fourth-order valence-electron chi connectivity index (χ4n) is 1.79. The van der Waals surface area contributed by atoms with E-state index in [0.717, 1.165) is 5.75 Å². The molecule has 1 unspecified atom stereocenters. The number of hydrogen-bond donors (Lipinski definition) is 1. The van der Waals surface area contributed by atoms with Crippen LogP contribution in [-0.2, 0) is 0 Å². The highest BCUT2D eigenvalue weighted by Gasteiger charge is 2.14. The molecule has 0 aliphatic carbocycles. The van der Waals surface area contributed by atoms with Crippen molar-refractivity contribution in [2.24, 2.45) is 16.6 Å². The van der Waals surface area contributed by atoms with Crippen molar-refractivity contribution in [2.45, 2.75) is 19.9 Å². The summed E-state index contributed by atoms with van der Waals surface area (Å²) >= 11 is 0. The highest BCUT2D eigenvalue weighted by atomic mass is 16.5. The molecule has 0 aliphatic rings. The van der Waals surface area contributed by atoms with Gasteiger partial charge in [-0.3, -0.25) is 4.99 Å². The lowest BCUT2D eigenvalue weighted by molar-refractivity contribution is 0.305. The second-order valence-electron chi connectivity index (χ2n) is 5.18. The summed E-state index contributed by atoms with van der Waals surface area (Å²) in [7, 11) is 5.77. The lowest BCUT2D eigenvalue weighted by Crippen LogP contribution is -2.25. The molecule has 0 bridgehead atoms. The van der Waals surface area contributed by atoms with Crippen LogP contribution in [0.1, 0.15) is 25.5 Å². The van der Waals surface area contributed by atoms with Gasteiger partial charge in [-0.25, -0.2) is 0 Å². The number of ether oxygens (including phenoxy) is 1. The molecule has 1 rings (SSSR count). The van der Waals surface area contributed by atoms with Gasteiger partial charge in [0.2, 0.25) is 0 Å². The predicted octanol–water partition coefficient (Wildman–Crippen LogP) is 2.31. The Kier molecular flexibility index (Phi) is 5.83. The lowest BCUT2D eigenvalue weighted by atomic mass is 10.1. The average Bonchev–Trinajstić information content (AvgIpc) is 2.38. The Morgan fingerprint density at radius 2 is 2.05 bits per heavy atom. The summed E-state index contributed by atoms with van der Waals surface area (Å²) in [5.74, 6) is 1.85. The van der Waals surface area contributed by atoms with Gasteiger partial charge in [-0.2, -0.15) is 0 Å². The van der Waals surface area contributed by atoms with E-state index in [1.165, 1.54) is 5.56 Å². The molecule has 0 amide bonds. The summed E-state index contributed by atoms with van der Waals surface area (Å²) in [5, 5.41) is 0. The van der Waals surface area contributed by atoms with Gasteiger partial charge in [0, 0.05) is 5.92 Å². The molecule has 106 valence electrons. The lowest BCUT2D eigenvalue weighted by Gasteiger charge is -2.24. The third-order valence-corrected chi connectivity index (χ3v) is 3.14. The van der Waals surface area contributed by atoms with E-state index in [1.807, 2.05) is 32.3 Å². The van der Waals surface area contributed by atoms with Crippen molar-refractivity contribution in [1.82, 2.24) is 4.90 Å². The molecule has 19 heavy (non-hydrogen) atoms. The number of aliphatic imine (C=N–C) groups is 1. The van der Waals surface area contributed by atoms with Crippen LogP contribution in [0.25, 0.3) is 0 Å². The van der Waals surface area contributed by atoms with Crippen molar-refractivity contribution in [3.63, 3.8) is 0 Å². The minimum absolute atomic E-state index is 0.201. The molecule has 0 aromatic heterocycles. The number of benzene rings is 1. The van der Waals surface area contributed by atoms with Crippen molar-refractivity contribution in [2.75, 3.05) is 27.7 Å². The van der Waals surface area contributed by atoms with Gasteiger partial charge in [0.05, 0.1) is 25.5 Å². The van der Waals surface area contributed by atoms with Crippen LogP contribution in [0.2, 0.25) is 0 Å². The summed E-state index contributed by atoms with van der Waals surface area (Å²) < 4.78 is 5.27. The van der Waals surface area contributed by atoms with E-state index in [9.17, 15) is 0 Å². The molecule has 2 N–H and O–H groups in total. The smallest absolute Gasteiger partial charge is 0.119 e. The molecule has 0 aliphatic heterocycles. The first kappa shape index (κ1) is 15.5. The van der Waals surface area contributed by atoms with Crippen LogP contribution in [0.4, 0.5) is 0 Å². The van der Waals surface area contributed by atoms with Gasteiger partial charge in [-0.05, 0) is 31.8 Å². The number of nitrogens with zero attached hydrogens (tertiary/aromatic N) is 2. The van der Waals surface area contributed by atoms with Gasteiger partial charge in [0.1, 0.15) is 5.75 Å². The number of methoxy groups -OCH3 is 1. The number of hydrogen-bond acceptors (Lipinski definition) is 3. The average molecular weight is 263 g/mol. The standard InChI is InChI=1S/C15H25N3O/c1-11(2)15(16)17-10-14(18(3)4)12-7-6-8-13(9-12)19-5/h6-9,11,14H,10H2,1-5H3,(H2,16,17). The Balaban J connectivity index is 2.91. The fourth-order valence-corrected chi connectivity index (χ4v) is 1.79. The number of nitrogens with two attached hydrogens (primary N) is 1. The van der Waals surface area contributed by atoms with Gasteiger partial charge < -0.3 is 15.4 Å². The first-order valence-electron chi connectivity index (χ1n) is 6.56. The highest BCUT2D eigenvalue weighted by Crippen LogP contribution is 2.23. The Morgan fingerprint density at radius 3 is 2.58 bits per heavy atom. The van der Waals surface area contributed by atoms with Crippen LogP contribution in [0.3, 0.4) is 0 Å². The highest BCUT2D eigenvalue weighted by molar-refractivity contribution is 5.82. The monoisotopic (exact) mass is 263 g/mol. The van der Waals surface area contributed by atoms with E-state index >= 15 is 0 Å². The van der Waals surface area contributed by atoms with E-state index in [1.54, 1.807) is 7.11 Å². The predicted molar refractivity (Wildman–Crippen MR) is 80.7 cm³/mol. The van der Waals surface area contributed by atoms with Crippen molar-refractivity contribution >= 4 is 5.84 Å². The molecule has 0 saturated carbocycles. The quantitative estimate of drug-likeness (QED) is 0.633. The minimum Gasteiger partial charge on any atom is -0.497 e. The molecule has 1 atom stereocenters. The molecule has 0 fully saturated rings. The van der Waals surface area contributed by atoms with E-state index in [2.05, 4.69) is 29.8 Å². The van der Waals surface area contributed by atoms with E-state index in [4.69, 9.17) is 10.5 Å². The second-order valence-corrected chi connectivity index (χ2v) is 5.18. The zero-order valence-corrected chi connectivity index (χ0v) is 12.6. The van der Waals surface area contributed by atoms with Gasteiger partial charge in [0.15, 0.2) is 0 Å². The second kappa shape index (κ2) is 7.14. The molecular weight excluding hydrogens is 238 g/mol. The van der Waals surface area contributed by atoms with Crippen molar-refractivity contribution < 1.29 is 4.74 Å². The van der Waals surface area contributed by atoms with E-state index < -0.39 is 0 Å². The van der Waals surface area contributed by atoms with Crippen LogP contribution in [0, 0.1) is 5.92 Å². The third kappa shape index (κ3) is 4.56.